The van der Waals surface area contributed by atoms with Gasteiger partial charge in [0.25, 0.3) is 5.91 Å². The standard InChI is InChI=1S/C23H29N3O3/c1-2-29-21-13-6-5-12-20(21)24-17-22(27)25-19-11-9-10-18(16-19)23(28)26-14-7-3-4-8-15-26/h5-6,9-13,16,24H,2-4,7-8,14-15,17H2,1H3,(H,25,27). The smallest absolute Gasteiger partial charge is 0.253 e. The van der Waals surface area contributed by atoms with Crippen molar-refractivity contribution in [1.29, 1.82) is 0 Å². The molecule has 2 amide bonds. The van der Waals surface area contributed by atoms with E-state index in [2.05, 4.69) is 10.6 Å². The Labute approximate surface area is 172 Å². The summed E-state index contributed by atoms with van der Waals surface area (Å²) in [6.45, 7) is 4.19. The Morgan fingerprint density at radius 3 is 2.52 bits per heavy atom. The summed E-state index contributed by atoms with van der Waals surface area (Å²) in [4.78, 5) is 27.1. The number of nitrogens with one attached hydrogen (secondary N) is 2. The van der Waals surface area contributed by atoms with Crippen molar-refractivity contribution in [3.8, 4) is 5.75 Å². The number of likely N-dealkylation sites (tertiary alicyclic amines) is 1. The third-order valence-corrected chi connectivity index (χ3v) is 4.91. The quantitative estimate of drug-likeness (QED) is 0.739. The van der Waals surface area contributed by atoms with E-state index in [4.69, 9.17) is 4.74 Å². The fraction of sp³-hybridized carbons (Fsp3) is 0.391. The highest BCUT2D eigenvalue weighted by atomic mass is 16.5. The molecule has 6 nitrogen and oxygen atoms in total. The van der Waals surface area contributed by atoms with Crippen molar-refractivity contribution in [2.24, 2.45) is 0 Å². The van der Waals surface area contributed by atoms with Crippen LogP contribution >= 0.6 is 0 Å². The van der Waals surface area contributed by atoms with Crippen molar-refractivity contribution >= 4 is 23.2 Å². The Morgan fingerprint density at radius 1 is 1.00 bits per heavy atom. The number of anilines is 2. The van der Waals surface area contributed by atoms with Crippen LogP contribution < -0.4 is 15.4 Å². The maximum atomic E-state index is 12.8. The Hall–Kier alpha value is -3.02. The molecule has 1 fully saturated rings. The lowest BCUT2D eigenvalue weighted by atomic mass is 10.1. The number of amides is 2. The number of ether oxygens (including phenoxy) is 1. The first-order valence-corrected chi connectivity index (χ1v) is 10.3. The Bertz CT molecular complexity index is 830. The van der Waals surface area contributed by atoms with E-state index in [1.54, 1.807) is 24.3 Å². The molecule has 0 atom stereocenters. The summed E-state index contributed by atoms with van der Waals surface area (Å²) in [6, 6.07) is 14.7. The van der Waals surface area contributed by atoms with Crippen LogP contribution in [0.4, 0.5) is 11.4 Å². The van der Waals surface area contributed by atoms with Crippen LogP contribution in [0.2, 0.25) is 0 Å². The number of rotatable bonds is 7. The van der Waals surface area contributed by atoms with Gasteiger partial charge in [0, 0.05) is 24.3 Å². The van der Waals surface area contributed by atoms with Gasteiger partial charge in [0.05, 0.1) is 18.8 Å². The average molecular weight is 396 g/mol. The largest absolute Gasteiger partial charge is 0.492 e. The normalized spacial score (nSPS) is 14.0. The summed E-state index contributed by atoms with van der Waals surface area (Å²) in [5, 5.41) is 5.96. The number of para-hydroxylation sites is 2. The predicted octanol–water partition coefficient (Wildman–Crippen LogP) is 4.15. The van der Waals surface area contributed by atoms with Crippen molar-refractivity contribution < 1.29 is 14.3 Å². The molecule has 0 aliphatic carbocycles. The van der Waals surface area contributed by atoms with E-state index in [9.17, 15) is 9.59 Å². The number of nitrogens with zero attached hydrogens (tertiary/aromatic N) is 1. The highest BCUT2D eigenvalue weighted by Gasteiger charge is 2.17. The topological polar surface area (TPSA) is 70.7 Å². The molecule has 2 N–H and O–H groups in total. The van der Waals surface area contributed by atoms with Gasteiger partial charge in [-0.1, -0.05) is 31.0 Å². The second-order valence-corrected chi connectivity index (χ2v) is 7.12. The molecule has 6 heteroatoms. The summed E-state index contributed by atoms with van der Waals surface area (Å²) >= 11 is 0. The van der Waals surface area contributed by atoms with Crippen molar-refractivity contribution in [1.82, 2.24) is 4.90 Å². The average Bonchev–Trinajstić information content (AvgIpc) is 3.02. The minimum atomic E-state index is -0.185. The molecule has 0 aromatic heterocycles. The Balaban J connectivity index is 1.58. The summed E-state index contributed by atoms with van der Waals surface area (Å²) in [7, 11) is 0. The molecule has 0 saturated carbocycles. The summed E-state index contributed by atoms with van der Waals surface area (Å²) in [5.41, 5.74) is 2.00. The van der Waals surface area contributed by atoms with E-state index in [0.29, 0.717) is 23.6 Å². The molecule has 154 valence electrons. The fourth-order valence-corrected chi connectivity index (χ4v) is 3.46. The minimum absolute atomic E-state index is 0.0340. The molecule has 3 rings (SSSR count). The lowest BCUT2D eigenvalue weighted by Gasteiger charge is -2.20. The van der Waals surface area contributed by atoms with Crippen LogP contribution in [0, 0.1) is 0 Å². The molecule has 2 aromatic rings. The van der Waals surface area contributed by atoms with Gasteiger partial charge in [-0.05, 0) is 50.1 Å². The van der Waals surface area contributed by atoms with E-state index in [1.165, 1.54) is 12.8 Å². The van der Waals surface area contributed by atoms with Crippen LogP contribution in [-0.2, 0) is 4.79 Å². The zero-order chi connectivity index (χ0) is 20.5. The van der Waals surface area contributed by atoms with Crippen LogP contribution in [0.1, 0.15) is 43.0 Å². The first-order valence-electron chi connectivity index (χ1n) is 10.3. The molecule has 0 radical (unpaired) electrons. The lowest BCUT2D eigenvalue weighted by molar-refractivity contribution is -0.114. The molecule has 2 aromatic carbocycles. The molecule has 1 saturated heterocycles. The molecule has 1 heterocycles. The number of carbonyl (C=O) groups is 2. The summed E-state index contributed by atoms with van der Waals surface area (Å²) < 4.78 is 5.56. The van der Waals surface area contributed by atoms with Crippen molar-refractivity contribution in [2.45, 2.75) is 32.6 Å². The van der Waals surface area contributed by atoms with Gasteiger partial charge in [0.2, 0.25) is 5.91 Å². The van der Waals surface area contributed by atoms with Crippen LogP contribution in [0.15, 0.2) is 48.5 Å². The number of benzene rings is 2. The summed E-state index contributed by atoms with van der Waals surface area (Å²) in [6.07, 6.45) is 4.46. The molecule has 29 heavy (non-hydrogen) atoms. The summed E-state index contributed by atoms with van der Waals surface area (Å²) in [5.74, 6) is 0.565. The zero-order valence-electron chi connectivity index (χ0n) is 16.9. The first kappa shape index (κ1) is 20.7. The third kappa shape index (κ3) is 5.98. The minimum Gasteiger partial charge on any atom is -0.492 e. The molecule has 1 aliphatic rings. The van der Waals surface area contributed by atoms with Crippen molar-refractivity contribution in [3.63, 3.8) is 0 Å². The van der Waals surface area contributed by atoms with E-state index in [1.807, 2.05) is 36.1 Å². The number of hydrogen-bond donors (Lipinski definition) is 2. The molecule has 0 bridgehead atoms. The second kappa shape index (κ2) is 10.5. The molecule has 1 aliphatic heterocycles. The zero-order valence-corrected chi connectivity index (χ0v) is 16.9. The third-order valence-electron chi connectivity index (χ3n) is 4.91. The Kier molecular flexibility index (Phi) is 7.50. The maximum absolute atomic E-state index is 12.8. The predicted molar refractivity (Wildman–Crippen MR) is 116 cm³/mol. The van der Waals surface area contributed by atoms with Gasteiger partial charge in [-0.2, -0.15) is 0 Å². The van der Waals surface area contributed by atoms with Gasteiger partial charge in [-0.25, -0.2) is 0 Å². The number of hydrogen-bond acceptors (Lipinski definition) is 4. The monoisotopic (exact) mass is 395 g/mol. The van der Waals surface area contributed by atoms with Gasteiger partial charge in [0.15, 0.2) is 0 Å². The van der Waals surface area contributed by atoms with Crippen LogP contribution in [-0.4, -0.2) is 43.0 Å². The molecular weight excluding hydrogens is 366 g/mol. The SMILES string of the molecule is CCOc1ccccc1NCC(=O)Nc1cccc(C(=O)N2CCCCCC2)c1. The molecule has 0 spiro atoms. The van der Waals surface area contributed by atoms with Gasteiger partial charge in [-0.15, -0.1) is 0 Å². The van der Waals surface area contributed by atoms with E-state index in [0.717, 1.165) is 31.6 Å². The van der Waals surface area contributed by atoms with Crippen molar-refractivity contribution in [3.05, 3.63) is 54.1 Å². The van der Waals surface area contributed by atoms with Gasteiger partial charge in [0.1, 0.15) is 5.75 Å². The Morgan fingerprint density at radius 2 is 1.76 bits per heavy atom. The van der Waals surface area contributed by atoms with Gasteiger partial charge in [-0.3, -0.25) is 9.59 Å². The van der Waals surface area contributed by atoms with Crippen LogP contribution in [0.25, 0.3) is 0 Å². The van der Waals surface area contributed by atoms with Crippen LogP contribution in [0.3, 0.4) is 0 Å². The second-order valence-electron chi connectivity index (χ2n) is 7.12. The number of carbonyl (C=O) groups excluding carboxylic acids is 2. The van der Waals surface area contributed by atoms with Gasteiger partial charge < -0.3 is 20.3 Å². The molecular formula is C23H29N3O3. The van der Waals surface area contributed by atoms with E-state index in [-0.39, 0.29) is 18.4 Å². The van der Waals surface area contributed by atoms with E-state index < -0.39 is 0 Å². The maximum Gasteiger partial charge on any atom is 0.253 e. The highest BCUT2D eigenvalue weighted by molar-refractivity contribution is 5.98. The van der Waals surface area contributed by atoms with Crippen LogP contribution in [0.5, 0.6) is 5.75 Å². The lowest BCUT2D eigenvalue weighted by Crippen LogP contribution is -2.31. The first-order chi connectivity index (χ1) is 14.2. The highest BCUT2D eigenvalue weighted by Crippen LogP contribution is 2.23. The van der Waals surface area contributed by atoms with Gasteiger partial charge >= 0.3 is 0 Å². The molecule has 0 unspecified atom stereocenters. The fourth-order valence-electron chi connectivity index (χ4n) is 3.46. The van der Waals surface area contributed by atoms with Crippen molar-refractivity contribution in [2.75, 3.05) is 36.9 Å². The van der Waals surface area contributed by atoms with E-state index >= 15 is 0 Å².